The third-order valence-electron chi connectivity index (χ3n) is 2.65. The first-order valence-corrected chi connectivity index (χ1v) is 6.33. The number of benzene rings is 1. The highest BCUT2D eigenvalue weighted by Crippen LogP contribution is 2.33. The minimum Gasteiger partial charge on any atom is -0.414 e. The molecule has 2 radical (unpaired) electrons. The molecule has 2 atom stereocenters. The zero-order valence-corrected chi connectivity index (χ0v) is 9.53. The monoisotopic (exact) mass is 202 g/mol. The average Bonchev–Trinajstić information content (AvgIpc) is 2.61. The van der Waals surface area contributed by atoms with E-state index in [9.17, 15) is 0 Å². The van der Waals surface area contributed by atoms with Crippen molar-refractivity contribution >= 4 is 15.8 Å². The van der Waals surface area contributed by atoms with Gasteiger partial charge in [-0.1, -0.05) is 36.4 Å². The molecule has 1 aliphatic carbocycles. The van der Waals surface area contributed by atoms with E-state index in [1.807, 2.05) is 0 Å². The van der Waals surface area contributed by atoms with E-state index in [-0.39, 0.29) is 0 Å². The number of fused-ring (bicyclic) bond motifs is 1. The smallest absolute Gasteiger partial charge is 0.226 e. The zero-order valence-electron chi connectivity index (χ0n) is 8.53. The standard InChI is InChI=1S/C12H14OSi/c1-9(13-14-2)11-8-7-10-5-3-4-6-12(10)11/h3-9,11H,1-2H3. The third-order valence-corrected chi connectivity index (χ3v) is 3.26. The lowest BCUT2D eigenvalue weighted by atomic mass is 9.96. The maximum absolute atomic E-state index is 5.66. The van der Waals surface area contributed by atoms with Gasteiger partial charge in [-0.3, -0.25) is 0 Å². The Bertz CT molecular complexity index is 346. The second-order valence-electron chi connectivity index (χ2n) is 3.54. The summed E-state index contributed by atoms with van der Waals surface area (Å²) in [7, 11) is 0.568. The lowest BCUT2D eigenvalue weighted by Gasteiger charge is -2.19. The van der Waals surface area contributed by atoms with Gasteiger partial charge < -0.3 is 4.43 Å². The van der Waals surface area contributed by atoms with Crippen LogP contribution >= 0.6 is 0 Å². The Morgan fingerprint density at radius 2 is 2.14 bits per heavy atom. The molecule has 0 spiro atoms. The van der Waals surface area contributed by atoms with Crippen LogP contribution in [-0.4, -0.2) is 15.9 Å². The molecule has 1 nitrogen and oxygen atoms in total. The first-order chi connectivity index (χ1) is 6.83. The maximum atomic E-state index is 5.66. The maximum Gasteiger partial charge on any atom is 0.226 e. The van der Waals surface area contributed by atoms with Crippen LogP contribution in [0, 0.1) is 0 Å². The molecule has 0 heterocycles. The van der Waals surface area contributed by atoms with Gasteiger partial charge in [-0.15, -0.1) is 0 Å². The summed E-state index contributed by atoms with van der Waals surface area (Å²) in [4.78, 5) is 0. The first kappa shape index (κ1) is 9.68. The van der Waals surface area contributed by atoms with Crippen molar-refractivity contribution in [2.24, 2.45) is 0 Å². The molecule has 0 saturated heterocycles. The summed E-state index contributed by atoms with van der Waals surface area (Å²) in [6.45, 7) is 4.22. The van der Waals surface area contributed by atoms with E-state index in [0.717, 1.165) is 0 Å². The number of rotatable bonds is 3. The molecule has 0 aliphatic heterocycles. The van der Waals surface area contributed by atoms with Crippen molar-refractivity contribution in [3.8, 4) is 0 Å². The molecular formula is C12H14OSi. The van der Waals surface area contributed by atoms with Gasteiger partial charge in [0.05, 0.1) is 6.10 Å². The summed E-state index contributed by atoms with van der Waals surface area (Å²) in [6.07, 6.45) is 4.73. The van der Waals surface area contributed by atoms with Crippen LogP contribution in [0.1, 0.15) is 24.0 Å². The SMILES string of the molecule is C[Si]OC(C)C1C=Cc2ccccc21. The van der Waals surface area contributed by atoms with Crippen LogP contribution in [-0.2, 0) is 4.43 Å². The Balaban J connectivity index is 2.21. The van der Waals surface area contributed by atoms with Crippen molar-refractivity contribution in [1.82, 2.24) is 0 Å². The minimum absolute atomic E-state index is 0.290. The Morgan fingerprint density at radius 3 is 2.93 bits per heavy atom. The minimum atomic E-state index is 0.290. The summed E-state index contributed by atoms with van der Waals surface area (Å²) in [5, 5.41) is 0. The van der Waals surface area contributed by atoms with E-state index in [4.69, 9.17) is 4.43 Å². The average molecular weight is 202 g/mol. The molecule has 2 rings (SSSR count). The van der Waals surface area contributed by atoms with E-state index in [1.54, 1.807) is 0 Å². The van der Waals surface area contributed by atoms with Gasteiger partial charge in [0.25, 0.3) is 0 Å². The predicted molar refractivity (Wildman–Crippen MR) is 60.4 cm³/mol. The van der Waals surface area contributed by atoms with E-state index < -0.39 is 0 Å². The van der Waals surface area contributed by atoms with Gasteiger partial charge in [0, 0.05) is 5.92 Å². The highest BCUT2D eigenvalue weighted by molar-refractivity contribution is 6.24. The van der Waals surface area contributed by atoms with Gasteiger partial charge in [0.2, 0.25) is 9.76 Å². The third kappa shape index (κ3) is 1.68. The van der Waals surface area contributed by atoms with Crippen LogP contribution in [0.4, 0.5) is 0 Å². The van der Waals surface area contributed by atoms with Crippen molar-refractivity contribution in [3.05, 3.63) is 41.5 Å². The fourth-order valence-electron chi connectivity index (χ4n) is 1.95. The van der Waals surface area contributed by atoms with Crippen LogP contribution in [0.25, 0.3) is 6.08 Å². The molecule has 1 aliphatic rings. The molecular weight excluding hydrogens is 188 g/mol. The van der Waals surface area contributed by atoms with Gasteiger partial charge in [0.1, 0.15) is 0 Å². The van der Waals surface area contributed by atoms with Crippen LogP contribution in [0.5, 0.6) is 0 Å². The molecule has 1 aromatic carbocycles. The highest BCUT2D eigenvalue weighted by atomic mass is 28.2. The highest BCUT2D eigenvalue weighted by Gasteiger charge is 2.22. The van der Waals surface area contributed by atoms with Gasteiger partial charge >= 0.3 is 0 Å². The van der Waals surface area contributed by atoms with Crippen molar-refractivity contribution < 1.29 is 4.43 Å². The van der Waals surface area contributed by atoms with E-state index in [1.165, 1.54) is 11.1 Å². The largest absolute Gasteiger partial charge is 0.414 e. The van der Waals surface area contributed by atoms with Crippen LogP contribution < -0.4 is 0 Å². The molecule has 2 heteroatoms. The van der Waals surface area contributed by atoms with Crippen LogP contribution in [0.3, 0.4) is 0 Å². The summed E-state index contributed by atoms with van der Waals surface area (Å²) < 4.78 is 5.66. The van der Waals surface area contributed by atoms with E-state index in [0.29, 0.717) is 21.8 Å². The molecule has 14 heavy (non-hydrogen) atoms. The Morgan fingerprint density at radius 1 is 1.36 bits per heavy atom. The molecule has 0 aromatic heterocycles. The van der Waals surface area contributed by atoms with Crippen molar-refractivity contribution in [1.29, 1.82) is 0 Å². The molecule has 0 bridgehead atoms. The second kappa shape index (κ2) is 4.11. The van der Waals surface area contributed by atoms with E-state index >= 15 is 0 Å². The number of hydrogen-bond acceptors (Lipinski definition) is 1. The lowest BCUT2D eigenvalue weighted by Crippen LogP contribution is -2.17. The van der Waals surface area contributed by atoms with Crippen molar-refractivity contribution in [2.75, 3.05) is 0 Å². The van der Waals surface area contributed by atoms with Crippen molar-refractivity contribution in [3.63, 3.8) is 0 Å². The van der Waals surface area contributed by atoms with Gasteiger partial charge in [0.15, 0.2) is 0 Å². The van der Waals surface area contributed by atoms with Gasteiger partial charge in [-0.05, 0) is 24.6 Å². The Labute approximate surface area is 87.7 Å². The van der Waals surface area contributed by atoms with Crippen molar-refractivity contribution in [2.45, 2.75) is 25.5 Å². The molecule has 2 unspecified atom stereocenters. The fourth-order valence-corrected chi connectivity index (χ4v) is 2.46. The Hall–Kier alpha value is -0.863. The molecule has 0 N–H and O–H groups in total. The zero-order chi connectivity index (χ0) is 9.97. The number of hydrogen-bond donors (Lipinski definition) is 0. The second-order valence-corrected chi connectivity index (χ2v) is 4.18. The molecule has 0 saturated carbocycles. The normalized spacial score (nSPS) is 20.9. The predicted octanol–water partition coefficient (Wildman–Crippen LogP) is 2.87. The fraction of sp³-hybridized carbons (Fsp3) is 0.333. The summed E-state index contributed by atoms with van der Waals surface area (Å²) >= 11 is 0. The van der Waals surface area contributed by atoms with Gasteiger partial charge in [-0.25, -0.2) is 0 Å². The quantitative estimate of drug-likeness (QED) is 0.685. The lowest BCUT2D eigenvalue weighted by molar-refractivity contribution is 0.219. The van der Waals surface area contributed by atoms with E-state index in [2.05, 4.69) is 49.9 Å². The molecule has 0 amide bonds. The molecule has 72 valence electrons. The summed E-state index contributed by atoms with van der Waals surface area (Å²) in [5.74, 6) is 0.443. The molecule has 1 aromatic rings. The van der Waals surface area contributed by atoms with Crippen LogP contribution in [0.2, 0.25) is 6.55 Å². The van der Waals surface area contributed by atoms with Gasteiger partial charge in [-0.2, -0.15) is 0 Å². The van der Waals surface area contributed by atoms with Crippen LogP contribution in [0.15, 0.2) is 30.3 Å². The summed E-state index contributed by atoms with van der Waals surface area (Å²) in [6, 6.07) is 8.53. The topological polar surface area (TPSA) is 9.23 Å². The Kier molecular flexibility index (Phi) is 2.84. The summed E-state index contributed by atoms with van der Waals surface area (Å²) in [5.41, 5.74) is 2.74. The molecule has 0 fully saturated rings. The first-order valence-electron chi connectivity index (χ1n) is 4.92.